The van der Waals surface area contributed by atoms with Crippen LogP contribution in [0.15, 0.2) is 39.7 Å². The highest BCUT2D eigenvalue weighted by Gasteiger charge is 2.12. The van der Waals surface area contributed by atoms with Crippen LogP contribution >= 0.6 is 27.3 Å². The molecule has 0 saturated heterocycles. The van der Waals surface area contributed by atoms with Gasteiger partial charge in [-0.25, -0.2) is 14.4 Å². The summed E-state index contributed by atoms with van der Waals surface area (Å²) in [7, 11) is 0. The maximum atomic E-state index is 12.7. The number of imidazole rings is 1. The SMILES string of the molecule is CCOc1cc(/C=c2\sc3nc4cc(Br)cnc4n3c2=O)ccc1O. The maximum absolute atomic E-state index is 12.7. The van der Waals surface area contributed by atoms with Crippen LogP contribution in [0.1, 0.15) is 12.5 Å². The summed E-state index contributed by atoms with van der Waals surface area (Å²) in [6.45, 7) is 2.29. The van der Waals surface area contributed by atoms with E-state index in [1.165, 1.54) is 15.7 Å². The molecule has 126 valence electrons. The number of benzene rings is 1. The van der Waals surface area contributed by atoms with Crippen LogP contribution in [-0.4, -0.2) is 26.1 Å². The molecule has 1 N–H and O–H groups in total. The molecule has 3 aromatic heterocycles. The molecule has 0 aliphatic heterocycles. The van der Waals surface area contributed by atoms with E-state index in [4.69, 9.17) is 4.74 Å². The number of hydrogen-bond acceptors (Lipinski definition) is 6. The van der Waals surface area contributed by atoms with Gasteiger partial charge < -0.3 is 9.84 Å². The molecule has 0 bridgehead atoms. The predicted molar refractivity (Wildman–Crippen MR) is 100 cm³/mol. The van der Waals surface area contributed by atoms with Gasteiger partial charge in [-0.1, -0.05) is 17.4 Å². The average molecular weight is 418 g/mol. The van der Waals surface area contributed by atoms with E-state index >= 15 is 0 Å². The van der Waals surface area contributed by atoms with Crippen LogP contribution in [0.5, 0.6) is 11.5 Å². The molecule has 0 amide bonds. The lowest BCUT2D eigenvalue weighted by molar-refractivity contribution is 0.318. The van der Waals surface area contributed by atoms with Gasteiger partial charge in [0.15, 0.2) is 22.1 Å². The van der Waals surface area contributed by atoms with Gasteiger partial charge in [-0.15, -0.1) is 0 Å². The third-order valence-corrected chi connectivity index (χ3v) is 5.03. The molecule has 0 atom stereocenters. The van der Waals surface area contributed by atoms with E-state index in [-0.39, 0.29) is 11.3 Å². The van der Waals surface area contributed by atoms with Crippen molar-refractivity contribution < 1.29 is 9.84 Å². The molecule has 8 heteroatoms. The Balaban J connectivity index is 1.90. The second-order valence-corrected chi connectivity index (χ2v) is 7.23. The normalized spacial score (nSPS) is 12.3. The minimum atomic E-state index is -0.164. The van der Waals surface area contributed by atoms with Crippen LogP contribution in [0.2, 0.25) is 0 Å². The minimum absolute atomic E-state index is 0.0723. The third kappa shape index (κ3) is 2.77. The Morgan fingerprint density at radius 3 is 3.04 bits per heavy atom. The lowest BCUT2D eigenvalue weighted by atomic mass is 10.2. The Labute approximate surface area is 154 Å². The van der Waals surface area contributed by atoms with Crippen LogP contribution in [0.25, 0.3) is 22.2 Å². The number of thiazole rings is 1. The predicted octanol–water partition coefficient (Wildman–Crippen LogP) is 2.72. The average Bonchev–Trinajstić information content (AvgIpc) is 3.07. The lowest BCUT2D eigenvalue weighted by Crippen LogP contribution is -2.22. The van der Waals surface area contributed by atoms with Crippen molar-refractivity contribution in [2.24, 2.45) is 0 Å². The molecule has 0 saturated carbocycles. The van der Waals surface area contributed by atoms with Crippen LogP contribution in [0, 0.1) is 0 Å². The van der Waals surface area contributed by atoms with Crippen LogP contribution in [0.3, 0.4) is 0 Å². The standard InChI is InChI=1S/C17H12BrN3O3S/c1-2-24-13-5-9(3-4-12(13)22)6-14-16(23)21-15-11(20-17(21)25-14)7-10(18)8-19-15/h3-8,22H,2H2,1H3/b14-6-. The fourth-order valence-electron chi connectivity index (χ4n) is 2.56. The van der Waals surface area contributed by atoms with E-state index < -0.39 is 0 Å². The summed E-state index contributed by atoms with van der Waals surface area (Å²) in [6.07, 6.45) is 3.40. The van der Waals surface area contributed by atoms with Gasteiger partial charge in [0.25, 0.3) is 5.56 Å². The van der Waals surface area contributed by atoms with Crippen LogP contribution < -0.4 is 14.8 Å². The molecule has 6 nitrogen and oxygen atoms in total. The summed E-state index contributed by atoms with van der Waals surface area (Å²) in [5.74, 6) is 0.463. The molecule has 0 radical (unpaired) electrons. The maximum Gasteiger partial charge on any atom is 0.276 e. The smallest absolute Gasteiger partial charge is 0.276 e. The molecule has 25 heavy (non-hydrogen) atoms. The minimum Gasteiger partial charge on any atom is -0.504 e. The first-order valence-electron chi connectivity index (χ1n) is 7.51. The highest BCUT2D eigenvalue weighted by molar-refractivity contribution is 9.10. The van der Waals surface area contributed by atoms with Crippen molar-refractivity contribution in [3.05, 3.63) is 55.4 Å². The van der Waals surface area contributed by atoms with E-state index in [0.717, 1.165) is 10.0 Å². The highest BCUT2D eigenvalue weighted by atomic mass is 79.9. The fourth-order valence-corrected chi connectivity index (χ4v) is 3.85. The van der Waals surface area contributed by atoms with Gasteiger partial charge in [-0.3, -0.25) is 4.79 Å². The quantitative estimate of drug-likeness (QED) is 0.554. The van der Waals surface area contributed by atoms with Gasteiger partial charge in [-0.2, -0.15) is 0 Å². The fraction of sp³-hybridized carbons (Fsp3) is 0.118. The third-order valence-electron chi connectivity index (χ3n) is 3.63. The molecule has 0 unspecified atom stereocenters. The summed E-state index contributed by atoms with van der Waals surface area (Å²) >= 11 is 4.65. The monoisotopic (exact) mass is 417 g/mol. The topological polar surface area (TPSA) is 76.7 Å². The molecule has 1 aromatic carbocycles. The molecule has 4 rings (SSSR count). The number of nitrogens with zero attached hydrogens (tertiary/aromatic N) is 3. The van der Waals surface area contributed by atoms with Crippen LogP contribution in [-0.2, 0) is 0 Å². The summed E-state index contributed by atoms with van der Waals surface area (Å²) < 4.78 is 8.26. The molecule has 4 aromatic rings. The number of pyridine rings is 1. The number of aromatic nitrogens is 3. The van der Waals surface area contributed by atoms with Crippen molar-refractivity contribution in [1.82, 2.24) is 14.4 Å². The van der Waals surface area contributed by atoms with E-state index in [9.17, 15) is 9.90 Å². The number of rotatable bonds is 3. The second kappa shape index (κ2) is 6.12. The first-order chi connectivity index (χ1) is 12.1. The van der Waals surface area contributed by atoms with Gasteiger partial charge in [-0.05, 0) is 52.7 Å². The first-order valence-corrected chi connectivity index (χ1v) is 9.12. The number of fused-ring (bicyclic) bond motifs is 3. The molecular formula is C17H12BrN3O3S. The number of halogens is 1. The van der Waals surface area contributed by atoms with Gasteiger partial charge in [0.05, 0.1) is 11.1 Å². The van der Waals surface area contributed by atoms with Crippen molar-refractivity contribution in [3.63, 3.8) is 0 Å². The van der Waals surface area contributed by atoms with E-state index in [2.05, 4.69) is 25.9 Å². The number of phenols is 1. The Bertz CT molecular complexity index is 1220. The zero-order chi connectivity index (χ0) is 17.6. The van der Waals surface area contributed by atoms with E-state index in [0.29, 0.717) is 33.0 Å². The van der Waals surface area contributed by atoms with Crippen molar-refractivity contribution in [2.45, 2.75) is 6.92 Å². The first kappa shape index (κ1) is 16.0. The van der Waals surface area contributed by atoms with Gasteiger partial charge in [0.1, 0.15) is 5.52 Å². The van der Waals surface area contributed by atoms with E-state index in [1.807, 2.05) is 13.0 Å². The molecule has 0 aliphatic rings. The van der Waals surface area contributed by atoms with Crippen molar-refractivity contribution in [1.29, 1.82) is 0 Å². The van der Waals surface area contributed by atoms with Gasteiger partial charge in [0.2, 0.25) is 0 Å². The molecule has 0 spiro atoms. The van der Waals surface area contributed by atoms with Gasteiger partial charge >= 0.3 is 0 Å². The van der Waals surface area contributed by atoms with Crippen molar-refractivity contribution in [3.8, 4) is 11.5 Å². The summed E-state index contributed by atoms with van der Waals surface area (Å²) in [4.78, 5) is 22.1. The Morgan fingerprint density at radius 2 is 2.24 bits per heavy atom. The van der Waals surface area contributed by atoms with Crippen molar-refractivity contribution >= 4 is 49.5 Å². The lowest BCUT2D eigenvalue weighted by Gasteiger charge is -2.05. The Hall–Kier alpha value is -2.45. The summed E-state index contributed by atoms with van der Waals surface area (Å²) in [5, 5.41) is 9.78. The second-order valence-electron chi connectivity index (χ2n) is 5.30. The van der Waals surface area contributed by atoms with E-state index in [1.54, 1.807) is 30.5 Å². The molecule has 0 aliphatic carbocycles. The van der Waals surface area contributed by atoms with Crippen molar-refractivity contribution in [2.75, 3.05) is 6.61 Å². The summed E-state index contributed by atoms with van der Waals surface area (Å²) in [5.41, 5.74) is 1.82. The van der Waals surface area contributed by atoms with Gasteiger partial charge in [0, 0.05) is 10.7 Å². The zero-order valence-corrected chi connectivity index (χ0v) is 15.5. The summed E-state index contributed by atoms with van der Waals surface area (Å²) in [6, 6.07) is 6.81. The Morgan fingerprint density at radius 1 is 1.40 bits per heavy atom. The van der Waals surface area contributed by atoms with Crippen LogP contribution in [0.4, 0.5) is 0 Å². The largest absolute Gasteiger partial charge is 0.504 e. The number of hydrogen-bond donors (Lipinski definition) is 1. The number of aromatic hydroxyl groups is 1. The highest BCUT2D eigenvalue weighted by Crippen LogP contribution is 2.27. The zero-order valence-electron chi connectivity index (χ0n) is 13.1. The molecule has 3 heterocycles. The number of phenolic OH excluding ortho intramolecular Hbond substituents is 1. The Kier molecular flexibility index (Phi) is 3.93. The molecule has 0 fully saturated rings. The number of ether oxygens (including phenoxy) is 1. The molecular weight excluding hydrogens is 406 g/mol.